The zero-order valence-electron chi connectivity index (χ0n) is 14.4. The normalized spacial score (nSPS) is 26.2. The number of hydrogen-bond acceptors (Lipinski definition) is 4. The molecule has 2 heterocycles. The molecule has 3 rings (SSSR count). The van der Waals surface area contributed by atoms with Gasteiger partial charge in [-0.2, -0.15) is 0 Å². The summed E-state index contributed by atoms with van der Waals surface area (Å²) >= 11 is 0. The number of para-hydroxylation sites is 1. The fraction of sp³-hybridized carbons (Fsp3) is 0.632. The predicted molar refractivity (Wildman–Crippen MR) is 93.2 cm³/mol. The lowest BCUT2D eigenvalue weighted by Gasteiger charge is -2.22. The Morgan fingerprint density at radius 2 is 2.21 bits per heavy atom. The number of amides is 1. The Morgan fingerprint density at radius 1 is 1.38 bits per heavy atom. The standard InChI is InChI=1S/C19H28N2O3/c1-14-16-8-2-3-9-17(16)24-18(14)19(23)20-10-4-5-11-21-12-6-7-15(21)13-22/h2-3,8-9,14-15,18,22H,4-7,10-13H2,1H3,(H,20,23). The summed E-state index contributed by atoms with van der Waals surface area (Å²) in [7, 11) is 0. The molecule has 5 heteroatoms. The van der Waals surface area contributed by atoms with Crippen LogP contribution in [0.4, 0.5) is 0 Å². The molecular weight excluding hydrogens is 304 g/mol. The summed E-state index contributed by atoms with van der Waals surface area (Å²) in [5.41, 5.74) is 1.11. The van der Waals surface area contributed by atoms with Crippen LogP contribution in [0.1, 0.15) is 44.1 Å². The van der Waals surface area contributed by atoms with Crippen LogP contribution in [0, 0.1) is 0 Å². The number of rotatable bonds is 7. The topological polar surface area (TPSA) is 61.8 Å². The quantitative estimate of drug-likeness (QED) is 0.749. The molecule has 0 saturated carbocycles. The molecule has 1 amide bonds. The van der Waals surface area contributed by atoms with Crippen molar-refractivity contribution < 1.29 is 14.6 Å². The van der Waals surface area contributed by atoms with Crippen molar-refractivity contribution >= 4 is 5.91 Å². The summed E-state index contributed by atoms with van der Waals surface area (Å²) in [6, 6.07) is 8.21. The zero-order valence-corrected chi connectivity index (χ0v) is 14.4. The number of unbranched alkanes of at least 4 members (excludes halogenated alkanes) is 1. The molecule has 0 radical (unpaired) electrons. The van der Waals surface area contributed by atoms with E-state index in [-0.39, 0.29) is 18.4 Å². The lowest BCUT2D eigenvalue weighted by Crippen LogP contribution is -2.39. The Balaban J connectivity index is 1.36. The first kappa shape index (κ1) is 17.2. The molecule has 1 saturated heterocycles. The lowest BCUT2D eigenvalue weighted by molar-refractivity contribution is -0.127. The molecule has 0 aliphatic carbocycles. The van der Waals surface area contributed by atoms with Crippen molar-refractivity contribution in [3.63, 3.8) is 0 Å². The highest BCUT2D eigenvalue weighted by atomic mass is 16.5. The molecule has 1 aromatic rings. The minimum absolute atomic E-state index is 0.0203. The van der Waals surface area contributed by atoms with Crippen molar-refractivity contribution in [3.8, 4) is 5.75 Å². The maximum absolute atomic E-state index is 12.4. The Morgan fingerprint density at radius 3 is 3.00 bits per heavy atom. The molecule has 2 N–H and O–H groups in total. The molecule has 3 unspecified atom stereocenters. The molecule has 0 aromatic heterocycles. The number of nitrogens with zero attached hydrogens (tertiary/aromatic N) is 1. The van der Waals surface area contributed by atoms with Gasteiger partial charge in [0.15, 0.2) is 6.10 Å². The van der Waals surface area contributed by atoms with Crippen molar-refractivity contribution in [1.82, 2.24) is 10.2 Å². The lowest BCUT2D eigenvalue weighted by atomic mass is 9.97. The van der Waals surface area contributed by atoms with Crippen LogP contribution in [0.25, 0.3) is 0 Å². The molecule has 24 heavy (non-hydrogen) atoms. The number of carbonyl (C=O) groups is 1. The SMILES string of the molecule is CC1c2ccccc2OC1C(=O)NCCCCN1CCCC1CO. The summed E-state index contributed by atoms with van der Waals surface area (Å²) < 4.78 is 5.80. The number of hydrogen-bond donors (Lipinski definition) is 2. The van der Waals surface area contributed by atoms with Gasteiger partial charge in [0.2, 0.25) is 0 Å². The number of ether oxygens (including phenoxy) is 1. The molecule has 0 spiro atoms. The van der Waals surface area contributed by atoms with Gasteiger partial charge >= 0.3 is 0 Å². The highest BCUT2D eigenvalue weighted by Crippen LogP contribution is 2.37. The zero-order chi connectivity index (χ0) is 16.9. The van der Waals surface area contributed by atoms with Gasteiger partial charge in [0.1, 0.15) is 5.75 Å². The summed E-state index contributed by atoms with van der Waals surface area (Å²) in [6.07, 6.45) is 3.86. The van der Waals surface area contributed by atoms with Gasteiger partial charge in [-0.1, -0.05) is 25.1 Å². The van der Waals surface area contributed by atoms with Crippen molar-refractivity contribution in [2.45, 2.75) is 50.7 Å². The third-order valence-corrected chi connectivity index (χ3v) is 5.26. The van der Waals surface area contributed by atoms with Crippen LogP contribution in [0.3, 0.4) is 0 Å². The largest absolute Gasteiger partial charge is 0.480 e. The van der Waals surface area contributed by atoms with Gasteiger partial charge in [-0.15, -0.1) is 0 Å². The molecule has 132 valence electrons. The van der Waals surface area contributed by atoms with Crippen LogP contribution >= 0.6 is 0 Å². The number of benzene rings is 1. The van der Waals surface area contributed by atoms with E-state index in [4.69, 9.17) is 4.74 Å². The molecule has 2 aliphatic rings. The highest BCUT2D eigenvalue weighted by Gasteiger charge is 2.35. The van der Waals surface area contributed by atoms with Crippen LogP contribution in [0.15, 0.2) is 24.3 Å². The average Bonchev–Trinajstić information content (AvgIpc) is 3.19. The van der Waals surface area contributed by atoms with Gasteiger partial charge in [-0.3, -0.25) is 9.69 Å². The molecule has 2 aliphatic heterocycles. The van der Waals surface area contributed by atoms with Gasteiger partial charge in [-0.25, -0.2) is 0 Å². The number of aliphatic hydroxyl groups is 1. The van der Waals surface area contributed by atoms with Gasteiger partial charge < -0.3 is 15.2 Å². The van der Waals surface area contributed by atoms with E-state index in [1.165, 1.54) is 6.42 Å². The number of carbonyl (C=O) groups excluding carboxylic acids is 1. The minimum Gasteiger partial charge on any atom is -0.480 e. The third kappa shape index (κ3) is 3.73. The fourth-order valence-corrected chi connectivity index (χ4v) is 3.79. The Hall–Kier alpha value is -1.59. The van der Waals surface area contributed by atoms with E-state index < -0.39 is 6.10 Å². The van der Waals surface area contributed by atoms with E-state index in [9.17, 15) is 9.90 Å². The van der Waals surface area contributed by atoms with Gasteiger partial charge in [0, 0.05) is 24.1 Å². The average molecular weight is 332 g/mol. The van der Waals surface area contributed by atoms with E-state index in [1.54, 1.807) is 0 Å². The second kappa shape index (κ2) is 7.99. The molecule has 1 fully saturated rings. The minimum atomic E-state index is -0.417. The summed E-state index contributed by atoms with van der Waals surface area (Å²) in [5.74, 6) is 0.901. The Labute approximate surface area is 144 Å². The molecular formula is C19H28N2O3. The van der Waals surface area contributed by atoms with Crippen LogP contribution in [-0.2, 0) is 4.79 Å². The highest BCUT2D eigenvalue weighted by molar-refractivity contribution is 5.83. The molecule has 0 bridgehead atoms. The predicted octanol–water partition coefficient (Wildman–Crippen LogP) is 1.90. The van der Waals surface area contributed by atoms with Crippen LogP contribution in [0.2, 0.25) is 0 Å². The summed E-state index contributed by atoms with van der Waals surface area (Å²) in [4.78, 5) is 14.7. The number of fused-ring (bicyclic) bond motifs is 1. The molecule has 5 nitrogen and oxygen atoms in total. The van der Waals surface area contributed by atoms with E-state index in [0.717, 1.165) is 43.7 Å². The molecule has 1 aromatic carbocycles. The van der Waals surface area contributed by atoms with Crippen LogP contribution in [-0.4, -0.2) is 54.3 Å². The Kier molecular flexibility index (Phi) is 5.74. The van der Waals surface area contributed by atoms with Crippen LogP contribution in [0.5, 0.6) is 5.75 Å². The van der Waals surface area contributed by atoms with E-state index in [1.807, 2.05) is 31.2 Å². The smallest absolute Gasteiger partial charge is 0.261 e. The van der Waals surface area contributed by atoms with Gasteiger partial charge in [0.05, 0.1) is 6.61 Å². The van der Waals surface area contributed by atoms with Crippen molar-refractivity contribution in [2.24, 2.45) is 0 Å². The van der Waals surface area contributed by atoms with E-state index in [2.05, 4.69) is 10.2 Å². The maximum atomic E-state index is 12.4. The number of nitrogens with one attached hydrogen (secondary N) is 1. The Bertz CT molecular complexity index is 563. The van der Waals surface area contributed by atoms with Gasteiger partial charge in [0.25, 0.3) is 5.91 Å². The maximum Gasteiger partial charge on any atom is 0.261 e. The van der Waals surface area contributed by atoms with Crippen LogP contribution < -0.4 is 10.1 Å². The monoisotopic (exact) mass is 332 g/mol. The number of aliphatic hydroxyl groups excluding tert-OH is 1. The van der Waals surface area contributed by atoms with Gasteiger partial charge in [-0.05, 0) is 44.8 Å². The van der Waals surface area contributed by atoms with E-state index in [0.29, 0.717) is 12.6 Å². The second-order valence-corrected chi connectivity index (χ2v) is 6.88. The first-order valence-corrected chi connectivity index (χ1v) is 9.09. The number of likely N-dealkylation sites (tertiary alicyclic amines) is 1. The third-order valence-electron chi connectivity index (χ3n) is 5.26. The van der Waals surface area contributed by atoms with E-state index >= 15 is 0 Å². The van der Waals surface area contributed by atoms with Crippen molar-refractivity contribution in [1.29, 1.82) is 0 Å². The first-order chi connectivity index (χ1) is 11.7. The van der Waals surface area contributed by atoms with Crippen molar-refractivity contribution in [3.05, 3.63) is 29.8 Å². The van der Waals surface area contributed by atoms with Crippen molar-refractivity contribution in [2.75, 3.05) is 26.2 Å². The fourth-order valence-electron chi connectivity index (χ4n) is 3.79. The summed E-state index contributed by atoms with van der Waals surface area (Å²) in [6.45, 7) is 5.07. The summed E-state index contributed by atoms with van der Waals surface area (Å²) in [5, 5.41) is 12.3. The molecule has 3 atom stereocenters. The second-order valence-electron chi connectivity index (χ2n) is 6.88. The first-order valence-electron chi connectivity index (χ1n) is 9.09.